The van der Waals surface area contributed by atoms with Gasteiger partial charge in [-0.2, -0.15) is 0 Å². The quantitative estimate of drug-likeness (QED) is 0.127. The summed E-state index contributed by atoms with van der Waals surface area (Å²) in [5, 5.41) is 14.8. The van der Waals surface area contributed by atoms with Crippen molar-refractivity contribution in [2.75, 3.05) is 9.80 Å². The zero-order valence-corrected chi connectivity index (χ0v) is 70.8. The summed E-state index contributed by atoms with van der Waals surface area (Å²) in [5.74, 6) is 0. The van der Waals surface area contributed by atoms with Crippen LogP contribution < -0.4 is 26.2 Å². The Balaban J connectivity index is 0.892. The SMILES string of the molecule is CC(C)(C)c1cc2c3c(c1)N(c1c(-c4ccccc4)cc(-c4ccc5ccccc5c4)cc1-c1ccccc1)c1cc(-n4c5ccc(C(C)(C)C)cc5c5c6ccccc6ccc54)ccc1B3c1ccc(-n3c4ccc(C(C)(C)C)cc4c4c5ccccc5ccc43)cc1N2c1c(-c2ccccc2)cc(-c2ccc3ccccc3c2)cc1-c1ccccc1. The van der Waals surface area contributed by atoms with Crippen LogP contribution in [0.5, 0.6) is 0 Å². The normalized spacial score (nSPS) is 12.9. The van der Waals surface area contributed by atoms with Gasteiger partial charge in [0, 0.05) is 77.9 Å². The molecule has 0 aliphatic carbocycles. The zero-order valence-electron chi connectivity index (χ0n) is 70.8. The van der Waals surface area contributed by atoms with E-state index in [4.69, 9.17) is 0 Å². The lowest BCUT2D eigenvalue weighted by Crippen LogP contribution is -2.61. The fourth-order valence-corrected chi connectivity index (χ4v) is 20.4. The highest BCUT2D eigenvalue weighted by Crippen LogP contribution is 2.57. The van der Waals surface area contributed by atoms with E-state index in [0.717, 1.165) is 123 Å². The van der Waals surface area contributed by atoms with Gasteiger partial charge in [-0.15, -0.1) is 0 Å². The molecule has 4 nitrogen and oxygen atoms in total. The second-order valence-electron chi connectivity index (χ2n) is 37.2. The Hall–Kier alpha value is -14.5. The van der Waals surface area contributed by atoms with E-state index in [1.54, 1.807) is 0 Å². The molecule has 0 fully saturated rings. The molecule has 0 spiro atoms. The number of aromatic nitrogens is 2. The van der Waals surface area contributed by atoms with Crippen molar-refractivity contribution in [3.8, 4) is 78.1 Å². The average molecular weight is 1580 g/mol. The third-order valence-corrected chi connectivity index (χ3v) is 26.6. The molecular weight excluding hydrogens is 1480 g/mol. The number of nitrogens with zero attached hydrogens (tertiary/aromatic N) is 4. The van der Waals surface area contributed by atoms with Crippen molar-refractivity contribution in [1.29, 1.82) is 0 Å². The summed E-state index contributed by atoms with van der Waals surface area (Å²) in [6.07, 6.45) is 0. The monoisotopic (exact) mass is 1570 g/mol. The number of fused-ring (bicyclic) bond motifs is 16. The molecule has 2 aromatic heterocycles. The van der Waals surface area contributed by atoms with Crippen molar-refractivity contribution in [2.45, 2.75) is 78.6 Å². The van der Waals surface area contributed by atoms with Gasteiger partial charge in [0.25, 0.3) is 6.71 Å². The first kappa shape index (κ1) is 73.6. The van der Waals surface area contributed by atoms with Crippen molar-refractivity contribution in [3.63, 3.8) is 0 Å². The second kappa shape index (κ2) is 28.0. The predicted molar refractivity (Wildman–Crippen MR) is 528 cm³/mol. The summed E-state index contributed by atoms with van der Waals surface area (Å²) in [6.45, 7) is 21.0. The molecular formula is C118H91BN4. The lowest BCUT2D eigenvalue weighted by Gasteiger charge is -2.46. The first-order chi connectivity index (χ1) is 59.9. The van der Waals surface area contributed by atoms with Crippen LogP contribution in [0.15, 0.2) is 388 Å². The molecule has 123 heavy (non-hydrogen) atoms. The average Bonchev–Trinajstić information content (AvgIpc) is 0.975. The van der Waals surface area contributed by atoms with E-state index in [1.807, 2.05) is 0 Å². The molecule has 586 valence electrons. The minimum atomic E-state index is -0.396. The van der Waals surface area contributed by atoms with Crippen LogP contribution in [-0.2, 0) is 16.2 Å². The van der Waals surface area contributed by atoms with Crippen molar-refractivity contribution in [1.82, 2.24) is 9.13 Å². The van der Waals surface area contributed by atoms with Crippen LogP contribution in [0.25, 0.3) is 165 Å². The third kappa shape index (κ3) is 12.0. The molecule has 2 aliphatic heterocycles. The van der Waals surface area contributed by atoms with Crippen molar-refractivity contribution >= 4 is 144 Å². The number of anilines is 6. The van der Waals surface area contributed by atoms with E-state index < -0.39 is 5.41 Å². The van der Waals surface area contributed by atoms with Gasteiger partial charge in [0.1, 0.15) is 0 Å². The highest BCUT2D eigenvalue weighted by atomic mass is 15.2. The van der Waals surface area contributed by atoms with E-state index in [2.05, 4.69) is 469 Å². The smallest absolute Gasteiger partial charge is 0.252 e. The minimum Gasteiger partial charge on any atom is -0.310 e. The second-order valence-corrected chi connectivity index (χ2v) is 37.2. The van der Waals surface area contributed by atoms with Gasteiger partial charge < -0.3 is 18.9 Å². The minimum absolute atomic E-state index is 0.0941. The van der Waals surface area contributed by atoms with Gasteiger partial charge in [-0.25, -0.2) is 0 Å². The molecule has 0 amide bonds. The summed E-state index contributed by atoms with van der Waals surface area (Å²) in [6, 6.07) is 149. The first-order valence-corrected chi connectivity index (χ1v) is 43.5. The van der Waals surface area contributed by atoms with Crippen molar-refractivity contribution in [3.05, 3.63) is 405 Å². The van der Waals surface area contributed by atoms with Gasteiger partial charge in [-0.3, -0.25) is 0 Å². The Kier molecular flexibility index (Phi) is 16.8. The molecule has 21 aromatic rings. The topological polar surface area (TPSA) is 16.3 Å². The van der Waals surface area contributed by atoms with Gasteiger partial charge in [0.15, 0.2) is 0 Å². The molecule has 0 saturated heterocycles. The summed E-state index contributed by atoms with van der Waals surface area (Å²) in [7, 11) is 0. The van der Waals surface area contributed by atoms with Gasteiger partial charge in [0.2, 0.25) is 0 Å². The Morgan fingerprint density at radius 2 is 0.537 bits per heavy atom. The van der Waals surface area contributed by atoms with Gasteiger partial charge in [-0.05, 0) is 246 Å². The number of hydrogen-bond donors (Lipinski definition) is 0. The van der Waals surface area contributed by atoms with Gasteiger partial charge >= 0.3 is 0 Å². The summed E-state index contributed by atoms with van der Waals surface area (Å²) in [5.41, 5.74) is 33.9. The van der Waals surface area contributed by atoms with E-state index in [9.17, 15) is 0 Å². The van der Waals surface area contributed by atoms with Crippen LogP contribution in [-0.4, -0.2) is 15.8 Å². The van der Waals surface area contributed by atoms with Crippen LogP contribution in [0, 0.1) is 0 Å². The Labute approximate surface area is 719 Å². The summed E-state index contributed by atoms with van der Waals surface area (Å²) in [4.78, 5) is 5.51. The van der Waals surface area contributed by atoms with E-state index in [-0.39, 0.29) is 17.5 Å². The lowest BCUT2D eigenvalue weighted by molar-refractivity contribution is 0.590. The van der Waals surface area contributed by atoms with Gasteiger partial charge in [-0.1, -0.05) is 341 Å². The Morgan fingerprint density at radius 3 is 0.902 bits per heavy atom. The lowest BCUT2D eigenvalue weighted by atomic mass is 9.33. The van der Waals surface area contributed by atoms with Crippen LogP contribution in [0.2, 0.25) is 0 Å². The molecule has 19 aromatic carbocycles. The maximum absolute atomic E-state index is 2.75. The molecule has 0 N–H and O–H groups in total. The molecule has 0 radical (unpaired) electrons. The summed E-state index contributed by atoms with van der Waals surface area (Å²) >= 11 is 0. The molecule has 0 unspecified atom stereocenters. The van der Waals surface area contributed by atoms with E-state index in [0.29, 0.717) is 0 Å². The van der Waals surface area contributed by atoms with Crippen molar-refractivity contribution in [2.24, 2.45) is 0 Å². The third-order valence-electron chi connectivity index (χ3n) is 26.6. The number of rotatable bonds is 10. The standard InChI is InChI=1S/C118H91BN4/c1-116(2,3)88-52-60-103-99(68-88)111-93-44-28-26-40-80(93)50-58-105(111)120(103)91-54-56-101-107(72-91)122(114-95(76-32-14-10-15-33-76)64-86(65-96(114)77-34-16-11-17-35-77)84-48-46-74-30-22-24-42-82(74)62-84)109-70-90(118(7,8)9)71-110-113(109)119(101)102-57-55-92(121-104-61-53-89(117(4,5)6)69-100(104)112-94-45-29-27-41-81(94)51-59-106(112)121)73-108(102)123(110)115-97(78-36-18-12-19-37-78)66-87(67-98(115)79-38-20-13-21-39-79)85-49-47-75-31-23-25-43-83(75)63-85/h10-73H,1-9H3. The molecule has 0 bridgehead atoms. The van der Waals surface area contributed by atoms with Crippen LogP contribution >= 0.6 is 0 Å². The van der Waals surface area contributed by atoms with Gasteiger partial charge in [0.05, 0.1) is 33.4 Å². The highest BCUT2D eigenvalue weighted by molar-refractivity contribution is 7.00. The maximum Gasteiger partial charge on any atom is 0.252 e. The molecule has 5 heteroatoms. The fourth-order valence-electron chi connectivity index (χ4n) is 20.4. The molecule has 0 saturated carbocycles. The fraction of sp³-hybridized carbons (Fsp3) is 0.102. The van der Waals surface area contributed by atoms with E-state index in [1.165, 1.54) is 109 Å². The predicted octanol–water partition coefficient (Wildman–Crippen LogP) is 30.5. The van der Waals surface area contributed by atoms with Crippen LogP contribution in [0.1, 0.15) is 79.0 Å². The zero-order chi connectivity index (χ0) is 82.9. The molecule has 0 atom stereocenters. The van der Waals surface area contributed by atoms with Crippen molar-refractivity contribution < 1.29 is 0 Å². The Morgan fingerprint density at radius 1 is 0.211 bits per heavy atom. The molecule has 23 rings (SSSR count). The largest absolute Gasteiger partial charge is 0.310 e. The molecule has 4 heterocycles. The Bertz CT molecular complexity index is 7350. The van der Waals surface area contributed by atoms with E-state index >= 15 is 0 Å². The maximum atomic E-state index is 2.75. The highest BCUT2D eigenvalue weighted by Gasteiger charge is 2.47. The summed E-state index contributed by atoms with van der Waals surface area (Å²) < 4.78 is 5.15. The van der Waals surface area contributed by atoms with Crippen LogP contribution in [0.3, 0.4) is 0 Å². The molecule has 2 aliphatic rings. The number of benzene rings is 19. The first-order valence-electron chi connectivity index (χ1n) is 43.5. The number of hydrogen-bond acceptors (Lipinski definition) is 2. The van der Waals surface area contributed by atoms with Crippen LogP contribution in [0.4, 0.5) is 34.1 Å².